The highest BCUT2D eigenvalue weighted by atomic mass is 15.1. The lowest BCUT2D eigenvalue weighted by atomic mass is 10.3. The summed E-state index contributed by atoms with van der Waals surface area (Å²) in [4.78, 5) is 4.14. The number of imidazole rings is 1. The zero-order valence-corrected chi connectivity index (χ0v) is 9.08. The van der Waals surface area contributed by atoms with Gasteiger partial charge in [0.25, 0.3) is 0 Å². The van der Waals surface area contributed by atoms with Gasteiger partial charge in [0, 0.05) is 25.8 Å². The van der Waals surface area contributed by atoms with Crippen LogP contribution in [-0.4, -0.2) is 16.1 Å². The molecule has 0 bridgehead atoms. The number of aromatic nitrogens is 2. The summed E-state index contributed by atoms with van der Waals surface area (Å²) in [5.41, 5.74) is 2.40. The number of nitrogens with zero attached hydrogens (tertiary/aromatic N) is 2. The Morgan fingerprint density at radius 3 is 3.07 bits per heavy atom. The lowest BCUT2D eigenvalue weighted by Crippen LogP contribution is -2.17. The molecule has 1 heterocycles. The van der Waals surface area contributed by atoms with E-state index in [-0.39, 0.29) is 0 Å². The van der Waals surface area contributed by atoms with Gasteiger partial charge in [-0.15, -0.1) is 0 Å². The van der Waals surface area contributed by atoms with Crippen LogP contribution in [0, 0.1) is 0 Å². The summed E-state index contributed by atoms with van der Waals surface area (Å²) in [5, 5.41) is 3.33. The molecule has 0 spiro atoms. The van der Waals surface area contributed by atoms with Crippen LogP contribution in [0.3, 0.4) is 0 Å². The summed E-state index contributed by atoms with van der Waals surface area (Å²) in [6, 6.07) is 0. The van der Waals surface area contributed by atoms with Gasteiger partial charge in [-0.1, -0.05) is 19.1 Å². The molecule has 0 saturated heterocycles. The monoisotopic (exact) mass is 193 g/mol. The van der Waals surface area contributed by atoms with Gasteiger partial charge in [-0.05, 0) is 13.3 Å². The molecule has 0 aromatic carbocycles. The van der Waals surface area contributed by atoms with Gasteiger partial charge in [0.1, 0.15) is 0 Å². The third kappa shape index (κ3) is 3.34. The summed E-state index contributed by atoms with van der Waals surface area (Å²) < 4.78 is 2.19. The molecule has 1 aromatic heterocycles. The van der Waals surface area contributed by atoms with Gasteiger partial charge in [0.05, 0.1) is 12.0 Å². The Kier molecular flexibility index (Phi) is 4.40. The van der Waals surface area contributed by atoms with E-state index in [1.807, 2.05) is 19.4 Å². The maximum atomic E-state index is 4.14. The molecule has 1 rings (SSSR count). The van der Waals surface area contributed by atoms with Crippen LogP contribution < -0.4 is 5.32 Å². The van der Waals surface area contributed by atoms with Gasteiger partial charge in [-0.3, -0.25) is 0 Å². The Balaban J connectivity index is 2.41. The van der Waals surface area contributed by atoms with E-state index in [1.165, 1.54) is 5.69 Å². The van der Waals surface area contributed by atoms with Gasteiger partial charge < -0.3 is 9.88 Å². The molecule has 1 aromatic rings. The normalized spacial score (nSPS) is 10.4. The van der Waals surface area contributed by atoms with Crippen molar-refractivity contribution in [2.24, 2.45) is 0 Å². The molecule has 0 radical (unpaired) electrons. The first-order valence-electron chi connectivity index (χ1n) is 5.08. The van der Waals surface area contributed by atoms with Crippen molar-refractivity contribution in [3.8, 4) is 0 Å². The summed E-state index contributed by atoms with van der Waals surface area (Å²) in [6.07, 6.45) is 4.95. The summed E-state index contributed by atoms with van der Waals surface area (Å²) >= 11 is 0. The third-order valence-electron chi connectivity index (χ3n) is 2.00. The largest absolute Gasteiger partial charge is 0.333 e. The molecule has 0 saturated carbocycles. The molecular formula is C11H19N3. The number of aryl methyl sites for hydroxylation is 1. The second kappa shape index (κ2) is 5.60. The van der Waals surface area contributed by atoms with E-state index in [2.05, 4.69) is 28.4 Å². The van der Waals surface area contributed by atoms with E-state index in [9.17, 15) is 0 Å². The molecule has 0 aliphatic rings. The first kappa shape index (κ1) is 11.0. The number of rotatable bonds is 6. The van der Waals surface area contributed by atoms with Gasteiger partial charge in [0.15, 0.2) is 0 Å². The van der Waals surface area contributed by atoms with Crippen LogP contribution in [-0.2, 0) is 13.1 Å². The quantitative estimate of drug-likeness (QED) is 0.700. The molecule has 0 aliphatic carbocycles. The molecule has 3 heteroatoms. The summed E-state index contributed by atoms with van der Waals surface area (Å²) in [7, 11) is 0. The predicted octanol–water partition coefficient (Wildman–Crippen LogP) is 1.96. The molecule has 0 fully saturated rings. The van der Waals surface area contributed by atoms with Gasteiger partial charge in [-0.2, -0.15) is 0 Å². The smallest absolute Gasteiger partial charge is 0.0948 e. The number of hydrogen-bond donors (Lipinski definition) is 1. The van der Waals surface area contributed by atoms with E-state index < -0.39 is 0 Å². The van der Waals surface area contributed by atoms with Crippen molar-refractivity contribution in [1.82, 2.24) is 14.9 Å². The first-order chi connectivity index (χ1) is 6.74. The Bertz CT molecular complexity index is 288. The van der Waals surface area contributed by atoms with Gasteiger partial charge >= 0.3 is 0 Å². The molecular weight excluding hydrogens is 174 g/mol. The maximum Gasteiger partial charge on any atom is 0.0948 e. The predicted molar refractivity (Wildman–Crippen MR) is 59.0 cm³/mol. The summed E-state index contributed by atoms with van der Waals surface area (Å²) in [6.45, 7) is 10.8. The lowest BCUT2D eigenvalue weighted by Gasteiger charge is -2.07. The van der Waals surface area contributed by atoms with Crippen molar-refractivity contribution in [2.45, 2.75) is 33.4 Å². The zero-order valence-electron chi connectivity index (χ0n) is 9.08. The zero-order chi connectivity index (χ0) is 10.4. The molecule has 14 heavy (non-hydrogen) atoms. The van der Waals surface area contributed by atoms with Crippen LogP contribution >= 0.6 is 0 Å². The summed E-state index contributed by atoms with van der Waals surface area (Å²) in [5.74, 6) is 0. The first-order valence-corrected chi connectivity index (χ1v) is 5.08. The van der Waals surface area contributed by atoms with Gasteiger partial charge in [0.2, 0.25) is 0 Å². The average Bonchev–Trinajstić information content (AvgIpc) is 2.53. The molecule has 3 nitrogen and oxygen atoms in total. The number of hydrogen-bond acceptors (Lipinski definition) is 2. The van der Waals surface area contributed by atoms with Crippen molar-refractivity contribution in [3.63, 3.8) is 0 Å². The van der Waals surface area contributed by atoms with Crippen molar-refractivity contribution in [2.75, 3.05) is 6.54 Å². The molecule has 0 atom stereocenters. The fourth-order valence-corrected chi connectivity index (χ4v) is 1.34. The highest BCUT2D eigenvalue weighted by molar-refractivity contribution is 4.99. The fourth-order valence-electron chi connectivity index (χ4n) is 1.34. The number of nitrogens with one attached hydrogen (secondary N) is 1. The molecule has 1 N–H and O–H groups in total. The molecule has 78 valence electrons. The highest BCUT2D eigenvalue weighted by Crippen LogP contribution is 2.00. The molecule has 0 unspecified atom stereocenters. The second-order valence-electron chi connectivity index (χ2n) is 3.64. The van der Waals surface area contributed by atoms with Crippen LogP contribution in [0.15, 0.2) is 24.7 Å². The van der Waals surface area contributed by atoms with Crippen LogP contribution in [0.5, 0.6) is 0 Å². The highest BCUT2D eigenvalue weighted by Gasteiger charge is 1.99. The topological polar surface area (TPSA) is 29.9 Å². The lowest BCUT2D eigenvalue weighted by molar-refractivity contribution is 0.614. The van der Waals surface area contributed by atoms with Crippen molar-refractivity contribution < 1.29 is 0 Å². The molecule has 0 amide bonds. The Morgan fingerprint density at radius 2 is 2.43 bits per heavy atom. The van der Waals surface area contributed by atoms with Crippen LogP contribution in [0.1, 0.15) is 26.0 Å². The van der Waals surface area contributed by atoms with E-state index >= 15 is 0 Å². The maximum absolute atomic E-state index is 4.14. The van der Waals surface area contributed by atoms with Crippen molar-refractivity contribution in [1.29, 1.82) is 0 Å². The van der Waals surface area contributed by atoms with E-state index in [1.54, 1.807) is 0 Å². The standard InChI is InChI=1S/C11H19N3/c1-4-5-14-9-13-8-11(14)7-12-6-10(2)3/h8-9,12H,2,4-7H2,1,3H3. The average molecular weight is 193 g/mol. The van der Waals surface area contributed by atoms with E-state index in [0.717, 1.165) is 31.6 Å². The van der Waals surface area contributed by atoms with Crippen molar-refractivity contribution >= 4 is 0 Å². The minimum absolute atomic E-state index is 0.868. The Hall–Kier alpha value is -1.09. The second-order valence-corrected chi connectivity index (χ2v) is 3.64. The van der Waals surface area contributed by atoms with Crippen LogP contribution in [0.4, 0.5) is 0 Å². The van der Waals surface area contributed by atoms with Gasteiger partial charge in [-0.25, -0.2) is 4.98 Å². The minimum atomic E-state index is 0.868. The molecule has 0 aliphatic heterocycles. The van der Waals surface area contributed by atoms with Crippen LogP contribution in [0.25, 0.3) is 0 Å². The van der Waals surface area contributed by atoms with E-state index in [4.69, 9.17) is 0 Å². The van der Waals surface area contributed by atoms with E-state index in [0.29, 0.717) is 0 Å². The fraction of sp³-hybridized carbons (Fsp3) is 0.545. The Morgan fingerprint density at radius 1 is 1.64 bits per heavy atom. The SMILES string of the molecule is C=C(C)CNCc1cncn1CCC. The van der Waals surface area contributed by atoms with Crippen molar-refractivity contribution in [3.05, 3.63) is 30.4 Å². The Labute approximate surface area is 85.8 Å². The minimum Gasteiger partial charge on any atom is -0.333 e. The van der Waals surface area contributed by atoms with Crippen LogP contribution in [0.2, 0.25) is 0 Å². The third-order valence-corrected chi connectivity index (χ3v) is 2.00.